The first-order valence-electron chi connectivity index (χ1n) is 37.0. The third-order valence-electron chi connectivity index (χ3n) is 19.5. The quantitative estimate of drug-likeness (QED) is 0.0126. The highest BCUT2D eigenvalue weighted by Crippen LogP contribution is 2.51. The molecule has 4 aliphatic carbocycles. The van der Waals surface area contributed by atoms with Crippen LogP contribution in [0.2, 0.25) is 103 Å². The molecule has 0 amide bonds. The fourth-order valence-corrected chi connectivity index (χ4v) is 17.2. The smallest absolute Gasteiger partial charge is 0.168 e. The van der Waals surface area contributed by atoms with Crippen molar-refractivity contribution >= 4 is 73.7 Å². The number of aliphatic hydroxyl groups is 1. The summed E-state index contributed by atoms with van der Waals surface area (Å²) in [6.07, 6.45) is 32.2. The van der Waals surface area contributed by atoms with E-state index in [-0.39, 0.29) is 14.0 Å². The van der Waals surface area contributed by atoms with Gasteiger partial charge in [-0.05, 0) is 131 Å². The maximum absolute atomic E-state index is 11.4. The van der Waals surface area contributed by atoms with Crippen LogP contribution < -0.4 is 9.80 Å². The zero-order chi connectivity index (χ0) is 71.6. The molecule has 554 valence electrons. The van der Waals surface area contributed by atoms with Gasteiger partial charge in [0, 0.05) is 135 Å². The first-order valence-corrected chi connectivity index (χ1v) is 51.9. The number of aldehydes is 1. The van der Waals surface area contributed by atoms with Crippen molar-refractivity contribution in [3.63, 3.8) is 0 Å². The van der Waals surface area contributed by atoms with Crippen LogP contribution in [-0.2, 0) is 28.4 Å². The van der Waals surface area contributed by atoms with Crippen molar-refractivity contribution in [2.24, 2.45) is 23.7 Å². The highest BCUT2D eigenvalue weighted by atomic mass is 28.3. The molecule has 20 nitrogen and oxygen atoms in total. The van der Waals surface area contributed by atoms with E-state index in [0.717, 1.165) is 172 Å². The van der Waals surface area contributed by atoms with Crippen molar-refractivity contribution in [1.82, 2.24) is 49.1 Å². The molecule has 0 spiro atoms. The monoisotopic (exact) mass is 1450 g/mol. The zero-order valence-corrected chi connectivity index (χ0v) is 67.0. The van der Waals surface area contributed by atoms with Crippen LogP contribution in [0.3, 0.4) is 0 Å². The van der Waals surface area contributed by atoms with Gasteiger partial charge in [0.1, 0.15) is 49.9 Å². The van der Waals surface area contributed by atoms with Gasteiger partial charge >= 0.3 is 0 Å². The number of nitrogens with zero attached hydrogens (tertiary/aromatic N) is 11. The van der Waals surface area contributed by atoms with Crippen LogP contribution in [0.4, 0.5) is 11.6 Å². The maximum atomic E-state index is 11.4. The predicted octanol–water partition coefficient (Wildman–Crippen LogP) is 17.9. The van der Waals surface area contributed by atoms with Crippen LogP contribution in [0, 0.1) is 23.7 Å². The molecule has 0 aromatic carbocycles. The van der Waals surface area contributed by atoms with Gasteiger partial charge in [-0.15, -0.1) is 0 Å². The Hall–Kier alpha value is -6.23. The average molecular weight is 1460 g/mol. The van der Waals surface area contributed by atoms with Gasteiger partial charge in [-0.2, -0.15) is 19.2 Å². The summed E-state index contributed by atoms with van der Waals surface area (Å²) in [5, 5.41) is 17.6. The first-order chi connectivity index (χ1) is 47.9. The van der Waals surface area contributed by atoms with E-state index in [4.69, 9.17) is 58.7 Å². The number of fused-ring (bicyclic) bond motifs is 6. The fourth-order valence-electron chi connectivity index (χ4n) is 14.1. The molecule has 101 heavy (non-hydrogen) atoms. The molecule has 2 unspecified atom stereocenters. The number of rotatable bonds is 34. The Labute approximate surface area is 607 Å². The number of imidazole rings is 1. The van der Waals surface area contributed by atoms with Gasteiger partial charge in [0.2, 0.25) is 0 Å². The number of ether oxygens (including phenoxy) is 6. The van der Waals surface area contributed by atoms with E-state index in [2.05, 4.69) is 122 Å². The van der Waals surface area contributed by atoms with Crippen LogP contribution in [0.5, 0.6) is 0 Å². The largest absolute Gasteiger partial charge is 0.501 e. The third-order valence-corrected chi connectivity index (χ3v) is 26.3. The lowest BCUT2D eigenvalue weighted by Gasteiger charge is -2.32. The average Bonchev–Trinajstić information content (AvgIpc) is 1.66. The molecule has 6 atom stereocenters. The lowest BCUT2D eigenvalue weighted by Crippen LogP contribution is -2.34. The van der Waals surface area contributed by atoms with E-state index < -0.39 is 32.3 Å². The Bertz CT molecular complexity index is 3660. The Balaban J connectivity index is 0.000000245. The number of anilines is 2. The molecule has 4 fully saturated rings. The molecule has 0 radical (unpaired) electrons. The minimum Gasteiger partial charge on any atom is -0.501 e. The van der Waals surface area contributed by atoms with Crippen LogP contribution in [0.25, 0.3) is 57.2 Å². The van der Waals surface area contributed by atoms with Crippen molar-refractivity contribution < 1.29 is 38.3 Å². The fraction of sp³-hybridized carbons (Fsp3) is 0.610. The van der Waals surface area contributed by atoms with Crippen molar-refractivity contribution in [2.45, 2.75) is 207 Å². The minimum atomic E-state index is -1.27. The minimum absolute atomic E-state index is 0. The van der Waals surface area contributed by atoms with E-state index in [9.17, 15) is 4.79 Å². The molecule has 4 bridgehead atoms. The molecule has 0 saturated heterocycles. The molecule has 7 aromatic heterocycles. The molecule has 4 saturated carbocycles. The number of carbonyl (C=O) groups is 1. The molecule has 7 aromatic rings. The number of hydrogen-bond donors (Lipinski definition) is 2. The highest BCUT2D eigenvalue weighted by Gasteiger charge is 2.40. The second-order valence-corrected chi connectivity index (χ2v) is 55.2. The van der Waals surface area contributed by atoms with Crippen molar-refractivity contribution in [1.29, 1.82) is 0 Å². The topological polar surface area (TPSA) is 214 Å². The Morgan fingerprint density at radius 3 is 1.24 bits per heavy atom. The summed E-state index contributed by atoms with van der Waals surface area (Å²) in [5.41, 5.74) is 10.7. The van der Waals surface area contributed by atoms with Gasteiger partial charge in [0.25, 0.3) is 0 Å². The summed E-state index contributed by atoms with van der Waals surface area (Å²) in [5.74, 6) is 6.31. The number of aliphatic hydroxyl groups excluding tert-OH is 1. The molecular formula is C77H122N12O8Si4. The first kappa shape index (κ1) is 80.5. The van der Waals surface area contributed by atoms with Crippen LogP contribution in [0.15, 0.2) is 74.0 Å². The highest BCUT2D eigenvalue weighted by molar-refractivity contribution is 6.77. The summed E-state index contributed by atoms with van der Waals surface area (Å²) in [6.45, 7) is 40.1. The van der Waals surface area contributed by atoms with E-state index in [1.54, 1.807) is 31.6 Å². The Kier molecular flexibility index (Phi) is 29.8. The van der Waals surface area contributed by atoms with Gasteiger partial charge in [-0.25, -0.2) is 15.0 Å². The lowest BCUT2D eigenvalue weighted by atomic mass is 9.78. The van der Waals surface area contributed by atoms with Crippen LogP contribution in [0.1, 0.15) is 137 Å². The zero-order valence-electron chi connectivity index (χ0n) is 63.0. The number of aromatic nitrogens is 10. The van der Waals surface area contributed by atoms with E-state index in [0.29, 0.717) is 70.9 Å². The molecule has 2 N–H and O–H groups in total. The predicted molar refractivity (Wildman–Crippen MR) is 423 cm³/mol. The van der Waals surface area contributed by atoms with Gasteiger partial charge in [-0.1, -0.05) is 124 Å². The Morgan fingerprint density at radius 2 is 0.921 bits per heavy atom. The number of carbonyl (C=O) groups excluding carboxylic acids is 1. The molecule has 0 aliphatic heterocycles. The standard InChI is InChI=1S/C38H57N7O3Si2.C36H55N5O4Si2.C2H6O.CH4/c1-8-46-16-13-32-35(31-22-28-9-10-29(21-28)23-31)43-37-33(30-11-12-34(41-24-30)36-39-14-15-40-36)25-42-45(37)38(32)44(26-47-17-19-49(2,3)4)27-48-18-20-50(5,6)7;1-8-43-14-13-32-34(30-20-27-9-10-28(19-27)21-30)39-35-33(29-11-12-31(24-42)37-22-29)23-38-41(35)36(32)40(25-44-15-17-46(2,3)4)26-45-16-18-47(5,6)7;1-2-3;/h11-16,24-25,28-29,31H,8-10,17-23,26-27H2,1-7H3,(H,39,40);11-14,22-24,27-28,30H,8-10,15-21,25-26H2,1-7H3;3H,2H2,1H3;1H4/b16-13-;14-13-;;/t28-,29+,31?;27-,28+,30?;;. The summed E-state index contributed by atoms with van der Waals surface area (Å²) < 4.78 is 41.4. The van der Waals surface area contributed by atoms with Gasteiger partial charge < -0.3 is 48.3 Å². The summed E-state index contributed by atoms with van der Waals surface area (Å²) in [4.78, 5) is 43.4. The van der Waals surface area contributed by atoms with E-state index >= 15 is 0 Å². The van der Waals surface area contributed by atoms with Gasteiger partial charge in [-0.3, -0.25) is 14.8 Å². The van der Waals surface area contributed by atoms with Crippen molar-refractivity contribution in [2.75, 3.05) is 83.0 Å². The number of pyridine rings is 2. The number of H-pyrrole nitrogens is 1. The Morgan fingerprint density at radius 1 is 0.535 bits per heavy atom. The second kappa shape index (κ2) is 37.5. The summed E-state index contributed by atoms with van der Waals surface area (Å²) >= 11 is 0. The summed E-state index contributed by atoms with van der Waals surface area (Å²) in [6, 6.07) is 12.1. The third kappa shape index (κ3) is 23.1. The van der Waals surface area contributed by atoms with Crippen LogP contribution in [-0.4, -0.2) is 166 Å². The second-order valence-electron chi connectivity index (χ2n) is 32.7. The van der Waals surface area contributed by atoms with Crippen LogP contribution >= 0.6 is 0 Å². The van der Waals surface area contributed by atoms with E-state index in [1.807, 2.05) is 66.1 Å². The number of aromatic amines is 1. The molecule has 7 heterocycles. The normalized spacial score (nSPS) is 19.1. The SMILES string of the molecule is C.CCO.CCO/C=C\c1c(C2C[C@H]3CC[C@@H](C2)C3)nc2c(-c3ccc(-c4ncc[nH]4)nc3)cnn2c1N(COCC[Si](C)(C)C)COCC[Si](C)(C)C.CCO/C=C\c1c(C2C[C@H]3CC[C@@H](C2)C3)nc2c(-c3ccc(C=O)nc3)cnn2c1N(COCC[Si](C)(C)C)COCC[Si](C)(C)C. The van der Waals surface area contributed by atoms with E-state index in [1.165, 1.54) is 38.5 Å². The van der Waals surface area contributed by atoms with Crippen molar-refractivity contribution in [3.8, 4) is 33.8 Å². The van der Waals surface area contributed by atoms with Gasteiger partial charge in [0.15, 0.2) is 23.4 Å². The maximum Gasteiger partial charge on any atom is 0.168 e. The number of nitrogens with one attached hydrogen (secondary N) is 1. The summed E-state index contributed by atoms with van der Waals surface area (Å²) in [7, 11) is -5.08. The van der Waals surface area contributed by atoms with Gasteiger partial charge in [0.05, 0.1) is 49.5 Å². The molecule has 11 rings (SSSR count). The molecule has 24 heteroatoms. The van der Waals surface area contributed by atoms with Crippen molar-refractivity contribution in [3.05, 3.63) is 102 Å². The molecule has 4 aliphatic rings. The lowest BCUT2D eigenvalue weighted by molar-refractivity contribution is 0.0940. The molecular weight excluding hydrogens is 1330 g/mol. The number of hydrogen-bond acceptors (Lipinski definition) is 17.